The minimum atomic E-state index is 0.0537. The number of guanidine groups is 1. The molecule has 1 aromatic rings. The molecule has 0 bridgehead atoms. The first-order chi connectivity index (χ1) is 12.1. The molecule has 0 aromatic heterocycles. The van der Waals surface area contributed by atoms with Crippen LogP contribution in [0, 0.1) is 5.92 Å². The van der Waals surface area contributed by atoms with Gasteiger partial charge in [-0.15, -0.1) is 0 Å². The number of benzene rings is 1. The Kier molecular flexibility index (Phi) is 7.73. The van der Waals surface area contributed by atoms with E-state index in [4.69, 9.17) is 4.74 Å². The number of nitrogens with zero attached hydrogens (tertiary/aromatic N) is 2. The molecule has 0 aliphatic carbocycles. The molecule has 1 aromatic carbocycles. The lowest BCUT2D eigenvalue weighted by atomic mass is 10.2. The maximum atomic E-state index is 12.0. The molecule has 1 fully saturated rings. The molecule has 2 N–H and O–H groups in total. The van der Waals surface area contributed by atoms with Gasteiger partial charge in [0.25, 0.3) is 0 Å². The van der Waals surface area contributed by atoms with Crippen LogP contribution >= 0.6 is 0 Å². The average molecular weight is 346 g/mol. The third-order valence-corrected chi connectivity index (χ3v) is 4.21. The SMILES string of the molecule is CN=C(NCCOCc1ccccc1)NC1CCN(C(=O)C(C)C)C1. The number of nitrogens with one attached hydrogen (secondary N) is 2. The number of rotatable bonds is 7. The van der Waals surface area contributed by atoms with Gasteiger partial charge in [0.05, 0.1) is 13.2 Å². The van der Waals surface area contributed by atoms with E-state index in [-0.39, 0.29) is 17.9 Å². The lowest BCUT2D eigenvalue weighted by molar-refractivity contribution is -0.133. The summed E-state index contributed by atoms with van der Waals surface area (Å²) < 4.78 is 5.66. The molecule has 6 nitrogen and oxygen atoms in total. The summed E-state index contributed by atoms with van der Waals surface area (Å²) in [5, 5.41) is 6.65. The van der Waals surface area contributed by atoms with E-state index in [9.17, 15) is 4.79 Å². The topological polar surface area (TPSA) is 66.0 Å². The highest BCUT2D eigenvalue weighted by Crippen LogP contribution is 2.12. The molecule has 138 valence electrons. The Hall–Kier alpha value is -2.08. The largest absolute Gasteiger partial charge is 0.375 e. The van der Waals surface area contributed by atoms with Gasteiger partial charge in [-0.1, -0.05) is 44.2 Å². The first kappa shape index (κ1) is 19.2. The molecule has 0 radical (unpaired) electrons. The number of amides is 1. The molecule has 1 aliphatic rings. The number of hydrogen-bond acceptors (Lipinski definition) is 3. The fourth-order valence-electron chi connectivity index (χ4n) is 2.84. The molecule has 1 unspecified atom stereocenters. The van der Waals surface area contributed by atoms with Crippen molar-refractivity contribution in [3.05, 3.63) is 35.9 Å². The molecular formula is C19H30N4O2. The van der Waals surface area contributed by atoms with Gasteiger partial charge in [-0.05, 0) is 12.0 Å². The molecular weight excluding hydrogens is 316 g/mol. The summed E-state index contributed by atoms with van der Waals surface area (Å²) in [7, 11) is 1.76. The van der Waals surface area contributed by atoms with Crippen molar-refractivity contribution in [2.75, 3.05) is 33.3 Å². The molecule has 1 atom stereocenters. The van der Waals surface area contributed by atoms with Gasteiger partial charge in [-0.3, -0.25) is 9.79 Å². The summed E-state index contributed by atoms with van der Waals surface area (Å²) in [6.45, 7) is 7.35. The van der Waals surface area contributed by atoms with Crippen LogP contribution in [0.15, 0.2) is 35.3 Å². The highest BCUT2D eigenvalue weighted by atomic mass is 16.5. The maximum absolute atomic E-state index is 12.0. The zero-order valence-electron chi connectivity index (χ0n) is 15.5. The summed E-state index contributed by atoms with van der Waals surface area (Å²) in [6, 6.07) is 10.4. The molecule has 25 heavy (non-hydrogen) atoms. The quantitative estimate of drug-likeness (QED) is 0.447. The predicted molar refractivity (Wildman–Crippen MR) is 100 cm³/mol. The molecule has 0 spiro atoms. The molecule has 1 amide bonds. The van der Waals surface area contributed by atoms with Crippen LogP contribution in [-0.2, 0) is 16.1 Å². The van der Waals surface area contributed by atoms with Gasteiger partial charge in [0.2, 0.25) is 5.91 Å². The first-order valence-electron chi connectivity index (χ1n) is 8.97. The maximum Gasteiger partial charge on any atom is 0.225 e. The Morgan fingerprint density at radius 2 is 2.12 bits per heavy atom. The van der Waals surface area contributed by atoms with Crippen molar-refractivity contribution in [2.45, 2.75) is 32.9 Å². The molecule has 1 heterocycles. The van der Waals surface area contributed by atoms with Gasteiger partial charge in [0.15, 0.2) is 5.96 Å². The van der Waals surface area contributed by atoms with Gasteiger partial charge >= 0.3 is 0 Å². The third kappa shape index (κ3) is 6.38. The Morgan fingerprint density at radius 1 is 1.36 bits per heavy atom. The number of aliphatic imine (C=N–C) groups is 1. The lowest BCUT2D eigenvalue weighted by Gasteiger charge is -2.20. The Morgan fingerprint density at radius 3 is 2.80 bits per heavy atom. The van der Waals surface area contributed by atoms with Crippen molar-refractivity contribution in [3.63, 3.8) is 0 Å². The Labute approximate surface area is 150 Å². The lowest BCUT2D eigenvalue weighted by Crippen LogP contribution is -2.46. The number of carbonyl (C=O) groups excluding carboxylic acids is 1. The second-order valence-corrected chi connectivity index (χ2v) is 6.61. The Balaban J connectivity index is 1.63. The number of hydrogen-bond donors (Lipinski definition) is 2. The minimum Gasteiger partial charge on any atom is -0.375 e. The Bertz CT molecular complexity index is 560. The summed E-state index contributed by atoms with van der Waals surface area (Å²) in [6.07, 6.45) is 0.948. The average Bonchev–Trinajstić information content (AvgIpc) is 3.09. The molecule has 1 saturated heterocycles. The van der Waals surface area contributed by atoms with Crippen LogP contribution in [0.2, 0.25) is 0 Å². The fraction of sp³-hybridized carbons (Fsp3) is 0.579. The van der Waals surface area contributed by atoms with Crippen molar-refractivity contribution in [1.29, 1.82) is 0 Å². The summed E-state index contributed by atoms with van der Waals surface area (Å²) in [5.41, 5.74) is 1.17. The van der Waals surface area contributed by atoms with Crippen LogP contribution in [0.5, 0.6) is 0 Å². The van der Waals surface area contributed by atoms with Crippen molar-refractivity contribution in [2.24, 2.45) is 10.9 Å². The van der Waals surface area contributed by atoms with Gasteiger partial charge in [-0.25, -0.2) is 0 Å². The van der Waals surface area contributed by atoms with E-state index in [2.05, 4.69) is 27.8 Å². The molecule has 0 saturated carbocycles. The zero-order valence-corrected chi connectivity index (χ0v) is 15.5. The van der Waals surface area contributed by atoms with Crippen LogP contribution in [0.3, 0.4) is 0 Å². The van der Waals surface area contributed by atoms with E-state index in [0.717, 1.165) is 25.5 Å². The van der Waals surface area contributed by atoms with E-state index >= 15 is 0 Å². The third-order valence-electron chi connectivity index (χ3n) is 4.21. The van der Waals surface area contributed by atoms with E-state index in [1.165, 1.54) is 5.56 Å². The van der Waals surface area contributed by atoms with Crippen LogP contribution in [-0.4, -0.2) is 56.1 Å². The first-order valence-corrected chi connectivity index (χ1v) is 8.97. The number of likely N-dealkylation sites (tertiary alicyclic amines) is 1. The second-order valence-electron chi connectivity index (χ2n) is 6.61. The van der Waals surface area contributed by atoms with Crippen LogP contribution in [0.4, 0.5) is 0 Å². The normalized spacial score (nSPS) is 17.8. The smallest absolute Gasteiger partial charge is 0.225 e. The van der Waals surface area contributed by atoms with E-state index in [0.29, 0.717) is 19.8 Å². The molecule has 2 rings (SSSR count). The summed E-state index contributed by atoms with van der Waals surface area (Å²) >= 11 is 0. The van der Waals surface area contributed by atoms with Gasteiger partial charge in [-0.2, -0.15) is 0 Å². The van der Waals surface area contributed by atoms with Crippen LogP contribution < -0.4 is 10.6 Å². The highest BCUT2D eigenvalue weighted by molar-refractivity contribution is 5.81. The van der Waals surface area contributed by atoms with Crippen LogP contribution in [0.25, 0.3) is 0 Å². The summed E-state index contributed by atoms with van der Waals surface area (Å²) in [4.78, 5) is 18.2. The minimum absolute atomic E-state index is 0.0537. The van der Waals surface area contributed by atoms with E-state index < -0.39 is 0 Å². The van der Waals surface area contributed by atoms with Gasteiger partial charge in [0.1, 0.15) is 0 Å². The predicted octanol–water partition coefficient (Wildman–Crippen LogP) is 1.63. The second kappa shape index (κ2) is 10.0. The molecule has 6 heteroatoms. The van der Waals surface area contributed by atoms with Crippen molar-refractivity contribution in [1.82, 2.24) is 15.5 Å². The van der Waals surface area contributed by atoms with Gasteiger partial charge < -0.3 is 20.3 Å². The van der Waals surface area contributed by atoms with Crippen molar-refractivity contribution >= 4 is 11.9 Å². The fourth-order valence-corrected chi connectivity index (χ4v) is 2.84. The summed E-state index contributed by atoms with van der Waals surface area (Å²) in [5.74, 6) is 1.03. The standard InChI is InChI=1S/C19H30N4O2/c1-15(2)18(24)23-11-9-17(13-23)22-19(20-3)21-10-12-25-14-16-7-5-4-6-8-16/h4-8,15,17H,9-14H2,1-3H3,(H2,20,21,22). The van der Waals surface area contributed by atoms with Crippen molar-refractivity contribution in [3.8, 4) is 0 Å². The monoisotopic (exact) mass is 346 g/mol. The van der Waals surface area contributed by atoms with Crippen molar-refractivity contribution < 1.29 is 9.53 Å². The zero-order chi connectivity index (χ0) is 18.1. The number of ether oxygens (including phenoxy) is 1. The number of carbonyl (C=O) groups is 1. The van der Waals surface area contributed by atoms with Gasteiger partial charge in [0, 0.05) is 38.6 Å². The van der Waals surface area contributed by atoms with Crippen LogP contribution in [0.1, 0.15) is 25.8 Å². The van der Waals surface area contributed by atoms with E-state index in [1.807, 2.05) is 36.9 Å². The highest BCUT2D eigenvalue weighted by Gasteiger charge is 2.27. The van der Waals surface area contributed by atoms with E-state index in [1.54, 1.807) is 7.05 Å². The molecule has 1 aliphatic heterocycles.